The van der Waals surface area contributed by atoms with Crippen LogP contribution in [0.1, 0.15) is 22.3 Å². The van der Waals surface area contributed by atoms with Crippen LogP contribution < -0.4 is 0 Å². The zero-order chi connectivity index (χ0) is 13.8. The summed E-state index contributed by atoms with van der Waals surface area (Å²) < 4.78 is 0. The molecule has 0 aliphatic heterocycles. The summed E-state index contributed by atoms with van der Waals surface area (Å²) >= 11 is 7.63. The van der Waals surface area contributed by atoms with Gasteiger partial charge in [-0.05, 0) is 37.6 Å². The van der Waals surface area contributed by atoms with Crippen LogP contribution in [0.5, 0.6) is 0 Å². The first-order valence-corrected chi connectivity index (χ1v) is 7.34. The van der Waals surface area contributed by atoms with Crippen molar-refractivity contribution in [3.8, 4) is 6.07 Å². The van der Waals surface area contributed by atoms with Gasteiger partial charge in [0.15, 0.2) is 0 Å². The van der Waals surface area contributed by atoms with E-state index in [0.717, 1.165) is 10.6 Å². The fourth-order valence-electron chi connectivity index (χ4n) is 2.02. The number of nitriles is 1. The normalized spacial score (nSPS) is 10.2. The number of rotatable bonds is 3. The Kier molecular flexibility index (Phi) is 4.52. The lowest BCUT2D eigenvalue weighted by Gasteiger charge is -2.07. The number of benzene rings is 2. The standard InChI is InChI=1S/C16H14ClNS/c1-11-5-12(2)7-13(6-11)10-19-16-8-15(17)4-3-14(16)9-18/h3-8H,10H2,1-2H3. The SMILES string of the molecule is Cc1cc(C)cc(CSc2cc(Cl)ccc2C#N)c1. The third kappa shape index (κ3) is 3.76. The van der Waals surface area contributed by atoms with E-state index in [4.69, 9.17) is 16.9 Å². The second kappa shape index (κ2) is 6.14. The molecular weight excluding hydrogens is 274 g/mol. The maximum Gasteiger partial charge on any atom is 0.100 e. The molecule has 2 rings (SSSR count). The second-order valence-electron chi connectivity index (χ2n) is 4.54. The lowest BCUT2D eigenvalue weighted by Crippen LogP contribution is -1.87. The zero-order valence-electron chi connectivity index (χ0n) is 10.9. The van der Waals surface area contributed by atoms with Crippen LogP contribution in [0.15, 0.2) is 41.3 Å². The van der Waals surface area contributed by atoms with E-state index in [0.29, 0.717) is 10.6 Å². The molecule has 1 nitrogen and oxygen atoms in total. The number of halogens is 1. The van der Waals surface area contributed by atoms with E-state index < -0.39 is 0 Å². The molecule has 0 radical (unpaired) electrons. The number of thioether (sulfide) groups is 1. The third-order valence-corrected chi connectivity index (χ3v) is 4.10. The Bertz CT molecular complexity index is 623. The Morgan fingerprint density at radius 3 is 2.42 bits per heavy atom. The monoisotopic (exact) mass is 287 g/mol. The van der Waals surface area contributed by atoms with Crippen molar-refractivity contribution in [2.75, 3.05) is 0 Å². The van der Waals surface area contributed by atoms with Crippen molar-refractivity contribution in [1.82, 2.24) is 0 Å². The molecule has 19 heavy (non-hydrogen) atoms. The molecule has 0 aliphatic carbocycles. The Morgan fingerprint density at radius 1 is 1.11 bits per heavy atom. The summed E-state index contributed by atoms with van der Waals surface area (Å²) in [5.41, 5.74) is 4.48. The van der Waals surface area contributed by atoms with Gasteiger partial charge in [-0.1, -0.05) is 40.9 Å². The van der Waals surface area contributed by atoms with Crippen LogP contribution in [-0.4, -0.2) is 0 Å². The number of hydrogen-bond donors (Lipinski definition) is 0. The molecule has 0 N–H and O–H groups in total. The van der Waals surface area contributed by atoms with Crippen LogP contribution in [0.4, 0.5) is 0 Å². The van der Waals surface area contributed by atoms with Gasteiger partial charge in [-0.15, -0.1) is 11.8 Å². The smallest absolute Gasteiger partial charge is 0.100 e. The molecule has 2 aromatic rings. The summed E-state index contributed by atoms with van der Waals surface area (Å²) in [5, 5.41) is 9.76. The molecule has 0 aromatic heterocycles. The molecule has 0 spiro atoms. The first kappa shape index (κ1) is 14.0. The lowest BCUT2D eigenvalue weighted by atomic mass is 10.1. The zero-order valence-corrected chi connectivity index (χ0v) is 12.5. The van der Waals surface area contributed by atoms with Gasteiger partial charge in [-0.25, -0.2) is 0 Å². The Labute approximate surface area is 123 Å². The van der Waals surface area contributed by atoms with Crippen molar-refractivity contribution in [2.24, 2.45) is 0 Å². The predicted octanol–water partition coefficient (Wildman–Crippen LogP) is 5.12. The highest BCUT2D eigenvalue weighted by Gasteiger charge is 2.05. The van der Waals surface area contributed by atoms with E-state index in [9.17, 15) is 0 Å². The summed E-state index contributed by atoms with van der Waals surface area (Å²) in [6.07, 6.45) is 0. The van der Waals surface area contributed by atoms with Crippen LogP contribution in [0.25, 0.3) is 0 Å². The van der Waals surface area contributed by atoms with Gasteiger partial charge < -0.3 is 0 Å². The van der Waals surface area contributed by atoms with Gasteiger partial charge in [-0.3, -0.25) is 0 Å². The van der Waals surface area contributed by atoms with Gasteiger partial charge >= 0.3 is 0 Å². The maximum absolute atomic E-state index is 9.09. The van der Waals surface area contributed by atoms with E-state index in [1.165, 1.54) is 16.7 Å². The fourth-order valence-corrected chi connectivity index (χ4v) is 3.23. The van der Waals surface area contributed by atoms with Crippen molar-refractivity contribution in [3.63, 3.8) is 0 Å². The largest absolute Gasteiger partial charge is 0.192 e. The van der Waals surface area contributed by atoms with Gasteiger partial charge in [0.05, 0.1) is 5.56 Å². The van der Waals surface area contributed by atoms with E-state index >= 15 is 0 Å². The van der Waals surface area contributed by atoms with Crippen LogP contribution in [-0.2, 0) is 5.75 Å². The molecule has 0 amide bonds. The van der Waals surface area contributed by atoms with Crippen molar-refractivity contribution >= 4 is 23.4 Å². The average molecular weight is 288 g/mol. The first-order chi connectivity index (χ1) is 9.08. The Balaban J connectivity index is 2.19. The number of hydrogen-bond acceptors (Lipinski definition) is 2. The average Bonchev–Trinajstić information content (AvgIpc) is 2.35. The molecule has 0 saturated carbocycles. The van der Waals surface area contributed by atoms with Gasteiger partial charge in [0.2, 0.25) is 0 Å². The molecule has 0 aliphatic rings. The van der Waals surface area contributed by atoms with Gasteiger partial charge in [0.1, 0.15) is 6.07 Å². The number of nitrogens with zero attached hydrogens (tertiary/aromatic N) is 1. The lowest BCUT2D eigenvalue weighted by molar-refractivity contribution is 1.29. The summed E-state index contributed by atoms with van der Waals surface area (Å²) in [7, 11) is 0. The highest BCUT2D eigenvalue weighted by Crippen LogP contribution is 2.29. The second-order valence-corrected chi connectivity index (χ2v) is 5.99. The van der Waals surface area contributed by atoms with E-state index in [1.807, 2.05) is 6.07 Å². The van der Waals surface area contributed by atoms with Crippen molar-refractivity contribution < 1.29 is 0 Å². The van der Waals surface area contributed by atoms with Crippen molar-refractivity contribution in [1.29, 1.82) is 5.26 Å². The molecule has 0 atom stereocenters. The van der Waals surface area contributed by atoms with E-state index in [-0.39, 0.29) is 0 Å². The molecule has 0 fully saturated rings. The Morgan fingerprint density at radius 2 is 1.79 bits per heavy atom. The minimum absolute atomic E-state index is 0.668. The van der Waals surface area contributed by atoms with Gasteiger partial charge in [0.25, 0.3) is 0 Å². The van der Waals surface area contributed by atoms with Gasteiger partial charge in [0, 0.05) is 15.7 Å². The molecule has 3 heteroatoms. The quantitative estimate of drug-likeness (QED) is 0.732. The summed E-state index contributed by atoms with van der Waals surface area (Å²) in [6, 6.07) is 14.1. The molecular formula is C16H14ClNS. The van der Waals surface area contributed by atoms with Crippen LogP contribution in [0, 0.1) is 25.2 Å². The number of aryl methyl sites for hydroxylation is 2. The minimum Gasteiger partial charge on any atom is -0.192 e. The molecule has 2 aromatic carbocycles. The van der Waals surface area contributed by atoms with Crippen molar-refractivity contribution in [3.05, 3.63) is 63.7 Å². The Hall–Kier alpha value is -1.43. The molecule has 0 heterocycles. The highest BCUT2D eigenvalue weighted by molar-refractivity contribution is 7.98. The van der Waals surface area contributed by atoms with Crippen LogP contribution in [0.2, 0.25) is 5.02 Å². The molecule has 0 unspecified atom stereocenters. The third-order valence-electron chi connectivity index (χ3n) is 2.74. The van der Waals surface area contributed by atoms with Gasteiger partial charge in [-0.2, -0.15) is 5.26 Å². The molecule has 0 bridgehead atoms. The topological polar surface area (TPSA) is 23.8 Å². The maximum atomic E-state index is 9.09. The highest BCUT2D eigenvalue weighted by atomic mass is 35.5. The molecule has 0 saturated heterocycles. The summed E-state index contributed by atoms with van der Waals surface area (Å²) in [4.78, 5) is 0.939. The summed E-state index contributed by atoms with van der Waals surface area (Å²) in [6.45, 7) is 4.20. The van der Waals surface area contributed by atoms with Crippen LogP contribution in [0.3, 0.4) is 0 Å². The van der Waals surface area contributed by atoms with E-state index in [2.05, 4.69) is 38.1 Å². The first-order valence-electron chi connectivity index (χ1n) is 5.98. The minimum atomic E-state index is 0.668. The van der Waals surface area contributed by atoms with Crippen LogP contribution >= 0.6 is 23.4 Å². The van der Waals surface area contributed by atoms with Crippen molar-refractivity contribution in [2.45, 2.75) is 24.5 Å². The summed E-state index contributed by atoms with van der Waals surface area (Å²) in [5.74, 6) is 0.845. The fraction of sp³-hybridized carbons (Fsp3) is 0.188. The van der Waals surface area contributed by atoms with E-state index in [1.54, 1.807) is 23.9 Å². The predicted molar refractivity (Wildman–Crippen MR) is 81.6 cm³/mol. The molecule has 96 valence electrons.